The Labute approximate surface area is 124 Å². The van der Waals surface area contributed by atoms with Crippen LogP contribution in [-0.4, -0.2) is 20.1 Å². The molecule has 0 aliphatic heterocycles. The monoisotopic (exact) mass is 283 g/mol. The van der Waals surface area contributed by atoms with E-state index in [9.17, 15) is 5.11 Å². The molecule has 2 aliphatic carbocycles. The molecule has 0 amide bonds. The Bertz CT molecular complexity index is 610. The molecule has 1 aromatic heterocycles. The van der Waals surface area contributed by atoms with Crippen LogP contribution in [0.4, 0.5) is 0 Å². The van der Waals surface area contributed by atoms with Gasteiger partial charge in [0.25, 0.3) is 0 Å². The highest BCUT2D eigenvalue weighted by Crippen LogP contribution is 2.50. The normalized spacial score (nSPS) is 28.9. The molecule has 2 fully saturated rings. The third-order valence-electron chi connectivity index (χ3n) is 5.25. The van der Waals surface area contributed by atoms with Gasteiger partial charge in [-0.1, -0.05) is 24.6 Å². The number of aliphatic hydroxyl groups excluding tert-OH is 1. The van der Waals surface area contributed by atoms with Gasteiger partial charge in [0.1, 0.15) is 5.69 Å². The van der Waals surface area contributed by atoms with Gasteiger partial charge in [0, 0.05) is 0 Å². The minimum atomic E-state index is -0.480. The number of para-hydroxylation sites is 1. The molecular weight excluding hydrogens is 262 g/mol. The van der Waals surface area contributed by atoms with Gasteiger partial charge in [0.2, 0.25) is 0 Å². The largest absolute Gasteiger partial charge is 0.387 e. The van der Waals surface area contributed by atoms with Crippen molar-refractivity contribution in [2.45, 2.75) is 38.2 Å². The second kappa shape index (κ2) is 5.26. The smallest absolute Gasteiger partial charge is 0.112 e. The van der Waals surface area contributed by atoms with E-state index in [1.165, 1.54) is 25.7 Å². The van der Waals surface area contributed by atoms with Crippen molar-refractivity contribution in [3.05, 3.63) is 42.2 Å². The van der Waals surface area contributed by atoms with Crippen molar-refractivity contribution >= 4 is 0 Å². The van der Waals surface area contributed by atoms with E-state index < -0.39 is 6.10 Å². The summed E-state index contributed by atoms with van der Waals surface area (Å²) in [6.07, 6.45) is 7.51. The minimum absolute atomic E-state index is 0.480. The van der Waals surface area contributed by atoms with Gasteiger partial charge in [0.05, 0.1) is 18.0 Å². The molecule has 4 nitrogen and oxygen atoms in total. The Morgan fingerprint density at radius 3 is 2.76 bits per heavy atom. The van der Waals surface area contributed by atoms with Crippen molar-refractivity contribution < 1.29 is 5.11 Å². The van der Waals surface area contributed by atoms with Crippen LogP contribution in [-0.2, 0) is 0 Å². The van der Waals surface area contributed by atoms with Crippen LogP contribution >= 0.6 is 0 Å². The molecule has 2 aliphatic rings. The number of rotatable bonds is 4. The molecule has 2 aromatic rings. The van der Waals surface area contributed by atoms with E-state index in [-0.39, 0.29) is 0 Å². The Morgan fingerprint density at radius 1 is 1.19 bits per heavy atom. The molecule has 0 radical (unpaired) electrons. The third-order valence-corrected chi connectivity index (χ3v) is 5.25. The third kappa shape index (κ3) is 2.48. The summed E-state index contributed by atoms with van der Waals surface area (Å²) in [5.41, 5.74) is 1.62. The van der Waals surface area contributed by atoms with E-state index >= 15 is 0 Å². The number of aromatic nitrogens is 3. The molecule has 1 heterocycles. The summed E-state index contributed by atoms with van der Waals surface area (Å²) in [6.45, 7) is 0. The maximum absolute atomic E-state index is 10.5. The van der Waals surface area contributed by atoms with Gasteiger partial charge in [-0.25, -0.2) is 0 Å². The average molecular weight is 283 g/mol. The summed E-state index contributed by atoms with van der Waals surface area (Å²) in [6, 6.07) is 9.82. The summed E-state index contributed by atoms with van der Waals surface area (Å²) in [5, 5.41) is 19.2. The molecule has 1 aromatic carbocycles. The van der Waals surface area contributed by atoms with Crippen LogP contribution in [0, 0.1) is 17.8 Å². The second-order valence-corrected chi connectivity index (χ2v) is 6.58. The van der Waals surface area contributed by atoms with Gasteiger partial charge in [-0.3, -0.25) is 0 Å². The standard InChI is InChI=1S/C17H21N3O/c21-17(10-14-9-12-6-7-13(14)8-12)16-11-18-20(19-16)15-4-2-1-3-5-15/h1-5,11-14,17,21H,6-10H2. The van der Waals surface area contributed by atoms with Crippen molar-refractivity contribution in [3.63, 3.8) is 0 Å². The topological polar surface area (TPSA) is 50.9 Å². The Hall–Kier alpha value is -1.68. The molecular formula is C17H21N3O. The van der Waals surface area contributed by atoms with Gasteiger partial charge in [-0.15, -0.1) is 0 Å². The SMILES string of the molecule is OC(CC1CC2CCC1C2)c1cnn(-c2ccccc2)n1. The predicted octanol–water partition coefficient (Wildman–Crippen LogP) is 3.13. The van der Waals surface area contributed by atoms with E-state index in [2.05, 4.69) is 10.2 Å². The first-order valence-electron chi connectivity index (χ1n) is 7.95. The summed E-state index contributed by atoms with van der Waals surface area (Å²) in [5.74, 6) is 2.45. The van der Waals surface area contributed by atoms with Gasteiger partial charge < -0.3 is 5.11 Å². The second-order valence-electron chi connectivity index (χ2n) is 6.58. The summed E-state index contributed by atoms with van der Waals surface area (Å²) < 4.78 is 0. The minimum Gasteiger partial charge on any atom is -0.387 e. The summed E-state index contributed by atoms with van der Waals surface area (Å²) in [7, 11) is 0. The van der Waals surface area contributed by atoms with Crippen LogP contribution in [0.25, 0.3) is 5.69 Å². The first-order chi connectivity index (χ1) is 10.3. The summed E-state index contributed by atoms with van der Waals surface area (Å²) in [4.78, 5) is 1.60. The zero-order chi connectivity index (χ0) is 14.2. The Balaban J connectivity index is 1.45. The number of fused-ring (bicyclic) bond motifs is 2. The van der Waals surface area contributed by atoms with E-state index in [0.29, 0.717) is 11.6 Å². The molecule has 4 rings (SSSR count). The highest BCUT2D eigenvalue weighted by molar-refractivity contribution is 5.28. The van der Waals surface area contributed by atoms with Crippen LogP contribution in [0.15, 0.2) is 36.5 Å². The lowest BCUT2D eigenvalue weighted by molar-refractivity contribution is 0.121. The number of nitrogens with zero attached hydrogens (tertiary/aromatic N) is 3. The van der Waals surface area contributed by atoms with Gasteiger partial charge in [0.15, 0.2) is 0 Å². The van der Waals surface area contributed by atoms with Crippen molar-refractivity contribution in [1.82, 2.24) is 15.0 Å². The fourth-order valence-corrected chi connectivity index (χ4v) is 4.19. The quantitative estimate of drug-likeness (QED) is 0.938. The average Bonchev–Trinajstić information content (AvgIpc) is 3.24. The van der Waals surface area contributed by atoms with Crippen LogP contribution in [0.3, 0.4) is 0 Å². The Kier molecular flexibility index (Phi) is 3.26. The zero-order valence-electron chi connectivity index (χ0n) is 12.1. The van der Waals surface area contributed by atoms with Crippen LogP contribution in [0.1, 0.15) is 43.9 Å². The summed E-state index contributed by atoms with van der Waals surface area (Å²) >= 11 is 0. The molecule has 4 heteroatoms. The molecule has 21 heavy (non-hydrogen) atoms. The fourth-order valence-electron chi connectivity index (χ4n) is 4.19. The maximum atomic E-state index is 10.5. The lowest BCUT2D eigenvalue weighted by Gasteiger charge is -2.23. The van der Waals surface area contributed by atoms with Crippen molar-refractivity contribution in [2.75, 3.05) is 0 Å². The molecule has 1 N–H and O–H groups in total. The van der Waals surface area contributed by atoms with Crippen molar-refractivity contribution in [1.29, 1.82) is 0 Å². The molecule has 2 bridgehead atoms. The number of benzene rings is 1. The van der Waals surface area contributed by atoms with Crippen molar-refractivity contribution in [2.24, 2.45) is 17.8 Å². The van der Waals surface area contributed by atoms with Crippen LogP contribution in [0.5, 0.6) is 0 Å². The van der Waals surface area contributed by atoms with Crippen molar-refractivity contribution in [3.8, 4) is 5.69 Å². The van der Waals surface area contributed by atoms with Crippen LogP contribution < -0.4 is 0 Å². The van der Waals surface area contributed by atoms with Gasteiger partial charge in [-0.2, -0.15) is 15.0 Å². The molecule has 4 atom stereocenters. The first-order valence-corrected chi connectivity index (χ1v) is 7.95. The zero-order valence-corrected chi connectivity index (χ0v) is 12.1. The van der Waals surface area contributed by atoms with Gasteiger partial charge >= 0.3 is 0 Å². The van der Waals surface area contributed by atoms with E-state index in [1.54, 1.807) is 11.0 Å². The molecule has 110 valence electrons. The van der Waals surface area contributed by atoms with E-state index in [4.69, 9.17) is 0 Å². The van der Waals surface area contributed by atoms with E-state index in [1.807, 2.05) is 30.3 Å². The highest BCUT2D eigenvalue weighted by atomic mass is 16.3. The molecule has 4 unspecified atom stereocenters. The number of aliphatic hydroxyl groups is 1. The first kappa shape index (κ1) is 13.0. The van der Waals surface area contributed by atoms with E-state index in [0.717, 1.165) is 23.9 Å². The molecule has 2 saturated carbocycles. The predicted molar refractivity (Wildman–Crippen MR) is 79.9 cm³/mol. The molecule has 0 spiro atoms. The highest BCUT2D eigenvalue weighted by Gasteiger charge is 2.40. The van der Waals surface area contributed by atoms with Crippen LogP contribution in [0.2, 0.25) is 0 Å². The fraction of sp³-hybridized carbons (Fsp3) is 0.529. The lowest BCUT2D eigenvalue weighted by Crippen LogP contribution is -2.14. The number of hydrogen-bond donors (Lipinski definition) is 1. The maximum Gasteiger partial charge on any atom is 0.112 e. The molecule has 0 saturated heterocycles. The van der Waals surface area contributed by atoms with Gasteiger partial charge in [-0.05, 0) is 55.6 Å². The lowest BCUT2D eigenvalue weighted by atomic mass is 9.84. The number of hydrogen-bond acceptors (Lipinski definition) is 3. The Morgan fingerprint density at radius 2 is 2.05 bits per heavy atom.